The van der Waals surface area contributed by atoms with Crippen LogP contribution in [0, 0.1) is 18.3 Å². The Morgan fingerprint density at radius 2 is 2.19 bits per heavy atom. The largest absolute Gasteiger partial charge is 0.241 e. The van der Waals surface area contributed by atoms with Crippen molar-refractivity contribution in [3.05, 3.63) is 59.2 Å². The first kappa shape index (κ1) is 10.3. The van der Waals surface area contributed by atoms with Crippen LogP contribution in [0.3, 0.4) is 0 Å². The third-order valence-electron chi connectivity index (χ3n) is 2.26. The molecule has 2 rings (SSSR count). The highest BCUT2D eigenvalue weighted by Crippen LogP contribution is 2.08. The minimum Gasteiger partial charge on any atom is -0.241 e. The fourth-order valence-corrected chi connectivity index (χ4v) is 1.52. The molecule has 0 radical (unpaired) electrons. The van der Waals surface area contributed by atoms with Gasteiger partial charge in [-0.3, -0.25) is 0 Å². The van der Waals surface area contributed by atoms with E-state index in [1.54, 1.807) is 12.3 Å². The molecule has 0 saturated carbocycles. The highest BCUT2D eigenvalue weighted by Gasteiger charge is 2.00. The normalized spacial score (nSPS) is 9.75. The third-order valence-corrected chi connectivity index (χ3v) is 2.26. The zero-order valence-corrected chi connectivity index (χ0v) is 9.01. The predicted molar refractivity (Wildman–Crippen MR) is 60.7 cm³/mol. The SMILES string of the molecule is Cc1ccnc(Cc2cccc(C#N)c2)n1. The Bertz CT molecular complexity index is 541. The second kappa shape index (κ2) is 4.54. The summed E-state index contributed by atoms with van der Waals surface area (Å²) in [6, 6.07) is 11.5. The molecule has 0 bridgehead atoms. The number of nitriles is 1. The lowest BCUT2D eigenvalue weighted by atomic mass is 10.1. The minimum atomic E-state index is 0.664. The van der Waals surface area contributed by atoms with E-state index in [9.17, 15) is 0 Å². The first-order valence-electron chi connectivity index (χ1n) is 5.05. The van der Waals surface area contributed by atoms with E-state index in [1.165, 1.54) is 0 Å². The molecule has 2 aromatic rings. The van der Waals surface area contributed by atoms with Crippen LogP contribution in [0.1, 0.15) is 22.6 Å². The van der Waals surface area contributed by atoms with E-state index in [1.807, 2.05) is 31.2 Å². The van der Waals surface area contributed by atoms with Crippen LogP contribution in [0.5, 0.6) is 0 Å². The maximum Gasteiger partial charge on any atom is 0.132 e. The molecule has 0 aliphatic carbocycles. The summed E-state index contributed by atoms with van der Waals surface area (Å²) in [5, 5.41) is 8.79. The number of rotatable bonds is 2. The van der Waals surface area contributed by atoms with E-state index in [0.29, 0.717) is 12.0 Å². The van der Waals surface area contributed by atoms with Gasteiger partial charge in [0.05, 0.1) is 11.6 Å². The number of aryl methyl sites for hydroxylation is 1. The highest BCUT2D eigenvalue weighted by molar-refractivity contribution is 5.33. The van der Waals surface area contributed by atoms with Crippen molar-refractivity contribution in [1.82, 2.24) is 9.97 Å². The standard InChI is InChI=1S/C13H11N3/c1-10-5-6-15-13(16-10)8-11-3-2-4-12(7-11)9-14/h2-7H,8H2,1H3. The van der Waals surface area contributed by atoms with Crippen molar-refractivity contribution < 1.29 is 0 Å². The van der Waals surface area contributed by atoms with E-state index in [-0.39, 0.29) is 0 Å². The zero-order chi connectivity index (χ0) is 11.4. The first-order chi connectivity index (χ1) is 7.78. The Balaban J connectivity index is 2.24. The van der Waals surface area contributed by atoms with Gasteiger partial charge in [-0.15, -0.1) is 0 Å². The maximum absolute atomic E-state index is 8.79. The van der Waals surface area contributed by atoms with Gasteiger partial charge in [0.25, 0.3) is 0 Å². The average Bonchev–Trinajstić information content (AvgIpc) is 2.29. The smallest absolute Gasteiger partial charge is 0.132 e. The molecule has 0 atom stereocenters. The second-order valence-corrected chi connectivity index (χ2v) is 3.60. The van der Waals surface area contributed by atoms with Crippen LogP contribution in [-0.4, -0.2) is 9.97 Å². The maximum atomic E-state index is 8.79. The molecule has 1 aromatic carbocycles. The Kier molecular flexibility index (Phi) is 2.93. The van der Waals surface area contributed by atoms with E-state index in [4.69, 9.17) is 5.26 Å². The molecule has 16 heavy (non-hydrogen) atoms. The van der Waals surface area contributed by atoms with E-state index < -0.39 is 0 Å². The van der Waals surface area contributed by atoms with Gasteiger partial charge < -0.3 is 0 Å². The number of hydrogen-bond acceptors (Lipinski definition) is 3. The number of aromatic nitrogens is 2. The molecule has 1 heterocycles. The molecular weight excluding hydrogens is 198 g/mol. The first-order valence-corrected chi connectivity index (χ1v) is 5.05. The van der Waals surface area contributed by atoms with Gasteiger partial charge in [-0.05, 0) is 30.7 Å². The summed E-state index contributed by atoms with van der Waals surface area (Å²) >= 11 is 0. The quantitative estimate of drug-likeness (QED) is 0.762. The summed E-state index contributed by atoms with van der Waals surface area (Å²) in [4.78, 5) is 8.53. The summed E-state index contributed by atoms with van der Waals surface area (Å²) in [5.41, 5.74) is 2.69. The van der Waals surface area contributed by atoms with Gasteiger partial charge in [-0.25, -0.2) is 9.97 Å². The lowest BCUT2D eigenvalue weighted by molar-refractivity contribution is 0.942. The Hall–Kier alpha value is -2.21. The summed E-state index contributed by atoms with van der Waals surface area (Å²) in [6.07, 6.45) is 2.42. The molecule has 0 aliphatic heterocycles. The zero-order valence-electron chi connectivity index (χ0n) is 9.01. The minimum absolute atomic E-state index is 0.664. The Morgan fingerprint density at radius 3 is 2.94 bits per heavy atom. The fraction of sp³-hybridized carbons (Fsp3) is 0.154. The number of hydrogen-bond donors (Lipinski definition) is 0. The van der Waals surface area contributed by atoms with Crippen molar-refractivity contribution in [2.24, 2.45) is 0 Å². The Morgan fingerprint density at radius 1 is 1.31 bits per heavy atom. The number of nitrogens with zero attached hydrogens (tertiary/aromatic N) is 3. The van der Waals surface area contributed by atoms with Gasteiger partial charge >= 0.3 is 0 Å². The summed E-state index contributed by atoms with van der Waals surface area (Å²) in [6.45, 7) is 1.94. The average molecular weight is 209 g/mol. The van der Waals surface area contributed by atoms with Crippen molar-refractivity contribution >= 4 is 0 Å². The van der Waals surface area contributed by atoms with Gasteiger partial charge in [-0.2, -0.15) is 5.26 Å². The molecule has 0 fully saturated rings. The van der Waals surface area contributed by atoms with Crippen LogP contribution in [-0.2, 0) is 6.42 Å². The van der Waals surface area contributed by atoms with Gasteiger partial charge in [0.2, 0.25) is 0 Å². The molecule has 3 heteroatoms. The molecule has 0 aliphatic rings. The summed E-state index contributed by atoms with van der Waals surface area (Å²) in [5.74, 6) is 0.787. The third kappa shape index (κ3) is 2.43. The van der Waals surface area contributed by atoms with Crippen LogP contribution in [0.15, 0.2) is 36.5 Å². The molecule has 0 spiro atoms. The van der Waals surface area contributed by atoms with Gasteiger partial charge in [0.1, 0.15) is 5.82 Å². The van der Waals surface area contributed by atoms with Gasteiger partial charge in [0, 0.05) is 18.3 Å². The van der Waals surface area contributed by atoms with Crippen LogP contribution >= 0.6 is 0 Å². The van der Waals surface area contributed by atoms with Gasteiger partial charge in [-0.1, -0.05) is 12.1 Å². The van der Waals surface area contributed by atoms with Crippen molar-refractivity contribution in [3.63, 3.8) is 0 Å². The van der Waals surface area contributed by atoms with E-state index >= 15 is 0 Å². The molecule has 0 amide bonds. The molecular formula is C13H11N3. The summed E-state index contributed by atoms with van der Waals surface area (Å²) in [7, 11) is 0. The van der Waals surface area contributed by atoms with Crippen molar-refractivity contribution in [1.29, 1.82) is 5.26 Å². The number of benzene rings is 1. The Labute approximate surface area is 94.4 Å². The molecule has 3 nitrogen and oxygen atoms in total. The topological polar surface area (TPSA) is 49.6 Å². The van der Waals surface area contributed by atoms with Crippen LogP contribution in [0.2, 0.25) is 0 Å². The van der Waals surface area contributed by atoms with Crippen molar-refractivity contribution in [2.75, 3.05) is 0 Å². The highest BCUT2D eigenvalue weighted by atomic mass is 14.9. The second-order valence-electron chi connectivity index (χ2n) is 3.60. The van der Waals surface area contributed by atoms with E-state index in [2.05, 4.69) is 16.0 Å². The molecule has 0 unspecified atom stereocenters. The van der Waals surface area contributed by atoms with Crippen molar-refractivity contribution in [3.8, 4) is 6.07 Å². The lowest BCUT2D eigenvalue weighted by Crippen LogP contribution is -1.97. The lowest BCUT2D eigenvalue weighted by Gasteiger charge is -2.01. The molecule has 1 aromatic heterocycles. The predicted octanol–water partition coefficient (Wildman–Crippen LogP) is 2.25. The molecule has 78 valence electrons. The molecule has 0 N–H and O–H groups in total. The van der Waals surface area contributed by atoms with Crippen LogP contribution < -0.4 is 0 Å². The molecule has 0 saturated heterocycles. The van der Waals surface area contributed by atoms with E-state index in [0.717, 1.165) is 17.1 Å². The fourth-order valence-electron chi connectivity index (χ4n) is 1.52. The van der Waals surface area contributed by atoms with Crippen LogP contribution in [0.25, 0.3) is 0 Å². The summed E-state index contributed by atoms with van der Waals surface area (Å²) < 4.78 is 0. The van der Waals surface area contributed by atoms with Gasteiger partial charge in [0.15, 0.2) is 0 Å². The van der Waals surface area contributed by atoms with Crippen molar-refractivity contribution in [2.45, 2.75) is 13.3 Å². The monoisotopic (exact) mass is 209 g/mol. The van der Waals surface area contributed by atoms with Crippen LogP contribution in [0.4, 0.5) is 0 Å².